The smallest absolute Gasteiger partial charge is 0.0944 e. The van der Waals surface area contributed by atoms with Crippen LogP contribution in [0, 0.1) is 0 Å². The molecule has 0 saturated heterocycles. The maximum atomic E-state index is 10.0. The Hall–Kier alpha value is -0.380. The van der Waals surface area contributed by atoms with Crippen molar-refractivity contribution in [2.45, 2.75) is 37.8 Å². The van der Waals surface area contributed by atoms with Gasteiger partial charge < -0.3 is 10.8 Å². The van der Waals surface area contributed by atoms with Gasteiger partial charge in [0, 0.05) is 10.5 Å². The van der Waals surface area contributed by atoms with Gasteiger partial charge in [0.25, 0.3) is 0 Å². The summed E-state index contributed by atoms with van der Waals surface area (Å²) in [7, 11) is 0. The molecule has 0 saturated carbocycles. The number of nitrogens with two attached hydrogens (primary N) is 1. The highest BCUT2D eigenvalue weighted by Gasteiger charge is 2.37. The van der Waals surface area contributed by atoms with Crippen molar-refractivity contribution < 1.29 is 5.11 Å². The number of hydrogen-bond acceptors (Lipinski definition) is 2. The zero-order valence-corrected chi connectivity index (χ0v) is 10.6. The molecule has 0 bridgehead atoms. The molecule has 1 aliphatic rings. The van der Waals surface area contributed by atoms with Crippen LogP contribution in [0.5, 0.6) is 0 Å². The van der Waals surface area contributed by atoms with Gasteiger partial charge in [0.2, 0.25) is 0 Å². The molecule has 2 atom stereocenters. The van der Waals surface area contributed by atoms with Crippen LogP contribution in [0.1, 0.15) is 37.5 Å². The average Bonchev–Trinajstić information content (AvgIpc) is 2.13. The minimum Gasteiger partial charge on any atom is -0.387 e. The standard InChI is InChI=1S/C12H16BrNO/c1-12(2)6-9(14)11(15)7-4-3-5-8(13)10(7)12/h3-5,9,11,15H,6,14H2,1-2H3. The lowest BCUT2D eigenvalue weighted by Gasteiger charge is -2.39. The first-order valence-electron chi connectivity index (χ1n) is 5.16. The minimum absolute atomic E-state index is 0.0219. The zero-order chi connectivity index (χ0) is 11.2. The lowest BCUT2D eigenvalue weighted by atomic mass is 9.70. The molecule has 0 fully saturated rings. The fourth-order valence-corrected chi connectivity index (χ4v) is 3.45. The third-order valence-electron chi connectivity index (χ3n) is 3.19. The molecule has 0 radical (unpaired) electrons. The van der Waals surface area contributed by atoms with E-state index in [0.717, 1.165) is 16.5 Å². The molecule has 1 aliphatic carbocycles. The fourth-order valence-electron chi connectivity index (χ4n) is 2.53. The Kier molecular flexibility index (Phi) is 2.65. The molecule has 0 amide bonds. The molecule has 3 heteroatoms. The average molecular weight is 270 g/mol. The number of aliphatic hydroxyl groups is 1. The largest absolute Gasteiger partial charge is 0.387 e. The van der Waals surface area contributed by atoms with E-state index in [1.165, 1.54) is 5.56 Å². The summed E-state index contributed by atoms with van der Waals surface area (Å²) < 4.78 is 1.07. The molecule has 1 aromatic rings. The summed E-state index contributed by atoms with van der Waals surface area (Å²) in [6.45, 7) is 4.34. The summed E-state index contributed by atoms with van der Waals surface area (Å²) in [4.78, 5) is 0. The Labute approximate surface area is 98.6 Å². The van der Waals surface area contributed by atoms with Gasteiger partial charge in [-0.05, 0) is 29.0 Å². The first-order valence-corrected chi connectivity index (χ1v) is 5.95. The summed E-state index contributed by atoms with van der Waals surface area (Å²) >= 11 is 3.55. The van der Waals surface area contributed by atoms with E-state index in [1.54, 1.807) is 0 Å². The second kappa shape index (κ2) is 3.58. The number of rotatable bonds is 0. The number of aliphatic hydroxyl groups excluding tert-OH is 1. The van der Waals surface area contributed by atoms with Crippen molar-refractivity contribution in [3.05, 3.63) is 33.8 Å². The van der Waals surface area contributed by atoms with Crippen molar-refractivity contribution in [2.24, 2.45) is 5.73 Å². The van der Waals surface area contributed by atoms with Gasteiger partial charge in [-0.1, -0.05) is 41.9 Å². The van der Waals surface area contributed by atoms with Gasteiger partial charge in [0.15, 0.2) is 0 Å². The van der Waals surface area contributed by atoms with E-state index < -0.39 is 6.10 Å². The van der Waals surface area contributed by atoms with Gasteiger partial charge in [0.1, 0.15) is 0 Å². The van der Waals surface area contributed by atoms with Gasteiger partial charge in [-0.3, -0.25) is 0 Å². The Morgan fingerprint density at radius 3 is 2.80 bits per heavy atom. The molecular weight excluding hydrogens is 254 g/mol. The quantitative estimate of drug-likeness (QED) is 0.760. The highest BCUT2D eigenvalue weighted by Crippen LogP contribution is 2.44. The third-order valence-corrected chi connectivity index (χ3v) is 3.85. The molecule has 0 aliphatic heterocycles. The van der Waals surface area contributed by atoms with Crippen molar-refractivity contribution in [1.82, 2.24) is 0 Å². The van der Waals surface area contributed by atoms with Crippen molar-refractivity contribution >= 4 is 15.9 Å². The maximum Gasteiger partial charge on any atom is 0.0944 e. The van der Waals surface area contributed by atoms with E-state index in [0.29, 0.717) is 0 Å². The Balaban J connectivity index is 2.64. The van der Waals surface area contributed by atoms with Gasteiger partial charge in [-0.25, -0.2) is 0 Å². The number of fused-ring (bicyclic) bond motifs is 1. The van der Waals surface area contributed by atoms with Crippen LogP contribution in [-0.4, -0.2) is 11.1 Å². The summed E-state index contributed by atoms with van der Waals surface area (Å²) in [6, 6.07) is 5.76. The van der Waals surface area contributed by atoms with E-state index in [4.69, 9.17) is 5.73 Å². The van der Waals surface area contributed by atoms with Gasteiger partial charge in [0.05, 0.1) is 6.10 Å². The molecule has 0 aromatic heterocycles. The number of benzene rings is 1. The molecule has 0 spiro atoms. The Bertz CT molecular complexity index is 389. The molecule has 0 heterocycles. The molecule has 2 nitrogen and oxygen atoms in total. The van der Waals surface area contributed by atoms with E-state index in [-0.39, 0.29) is 11.5 Å². The second-order valence-corrected chi connectivity index (χ2v) is 5.76. The van der Waals surface area contributed by atoms with Gasteiger partial charge in [-0.15, -0.1) is 0 Å². The van der Waals surface area contributed by atoms with Crippen LogP contribution in [0.3, 0.4) is 0 Å². The Morgan fingerprint density at radius 1 is 1.47 bits per heavy atom. The minimum atomic E-state index is -0.537. The normalized spacial score (nSPS) is 28.6. The number of halogens is 1. The van der Waals surface area contributed by atoms with Crippen molar-refractivity contribution in [3.8, 4) is 0 Å². The molecule has 1 aromatic carbocycles. The Morgan fingerprint density at radius 2 is 2.13 bits per heavy atom. The van der Waals surface area contributed by atoms with Crippen molar-refractivity contribution in [2.75, 3.05) is 0 Å². The molecule has 15 heavy (non-hydrogen) atoms. The van der Waals surface area contributed by atoms with Crippen LogP contribution in [0.4, 0.5) is 0 Å². The van der Waals surface area contributed by atoms with Crippen LogP contribution in [0.15, 0.2) is 22.7 Å². The van der Waals surface area contributed by atoms with E-state index >= 15 is 0 Å². The topological polar surface area (TPSA) is 46.2 Å². The van der Waals surface area contributed by atoms with Crippen LogP contribution < -0.4 is 5.73 Å². The van der Waals surface area contributed by atoms with Crippen LogP contribution >= 0.6 is 15.9 Å². The van der Waals surface area contributed by atoms with Crippen LogP contribution in [-0.2, 0) is 5.41 Å². The first-order chi connectivity index (χ1) is 6.93. The molecule has 82 valence electrons. The molecule has 3 N–H and O–H groups in total. The predicted octanol–water partition coefficient (Wildman–Crippen LogP) is 2.49. The maximum absolute atomic E-state index is 10.0. The fraction of sp³-hybridized carbons (Fsp3) is 0.500. The molecule has 2 rings (SSSR count). The lowest BCUT2D eigenvalue weighted by molar-refractivity contribution is 0.115. The predicted molar refractivity (Wildman–Crippen MR) is 64.7 cm³/mol. The van der Waals surface area contributed by atoms with Crippen molar-refractivity contribution in [3.63, 3.8) is 0 Å². The summed E-state index contributed by atoms with van der Waals surface area (Å²) in [5.41, 5.74) is 8.13. The SMILES string of the molecule is CC1(C)CC(N)C(O)c2cccc(Br)c21. The second-order valence-electron chi connectivity index (χ2n) is 4.90. The highest BCUT2D eigenvalue weighted by molar-refractivity contribution is 9.10. The first kappa shape index (κ1) is 11.1. The van der Waals surface area contributed by atoms with Crippen molar-refractivity contribution in [1.29, 1.82) is 0 Å². The monoisotopic (exact) mass is 269 g/mol. The molecular formula is C12H16BrNO. The lowest BCUT2D eigenvalue weighted by Crippen LogP contribution is -2.41. The van der Waals surface area contributed by atoms with E-state index in [1.807, 2.05) is 18.2 Å². The summed E-state index contributed by atoms with van der Waals surface area (Å²) in [5, 5.41) is 10.0. The summed E-state index contributed by atoms with van der Waals surface area (Å²) in [5.74, 6) is 0. The third kappa shape index (κ3) is 1.73. The molecule has 2 unspecified atom stereocenters. The highest BCUT2D eigenvalue weighted by atomic mass is 79.9. The van der Waals surface area contributed by atoms with E-state index in [9.17, 15) is 5.11 Å². The van der Waals surface area contributed by atoms with E-state index in [2.05, 4.69) is 29.8 Å². The van der Waals surface area contributed by atoms with Gasteiger partial charge >= 0.3 is 0 Å². The summed E-state index contributed by atoms with van der Waals surface area (Å²) in [6.07, 6.45) is 0.273. The van der Waals surface area contributed by atoms with Crippen LogP contribution in [0.25, 0.3) is 0 Å². The van der Waals surface area contributed by atoms with Crippen LogP contribution in [0.2, 0.25) is 0 Å². The zero-order valence-electron chi connectivity index (χ0n) is 9.00. The number of hydrogen-bond donors (Lipinski definition) is 2. The van der Waals surface area contributed by atoms with Gasteiger partial charge in [-0.2, -0.15) is 0 Å².